The molecule has 2 atom stereocenters. The Balaban J connectivity index is 1.89. The second-order valence-corrected chi connectivity index (χ2v) is 7.07. The lowest BCUT2D eigenvalue weighted by atomic mass is 9.85. The standard InChI is InChI=1S/C16H21N3S/c1-16(20-2)11-7-6-10-15(16)19-12-14(17-18-19)13-8-4-3-5-9-13/h3-5,8-9,12,15H,6-7,10-11H2,1-2H3. The minimum atomic E-state index is 0.278. The molecule has 3 nitrogen and oxygen atoms in total. The summed E-state index contributed by atoms with van der Waals surface area (Å²) >= 11 is 1.97. The molecule has 20 heavy (non-hydrogen) atoms. The van der Waals surface area contributed by atoms with Gasteiger partial charge in [0.05, 0.1) is 12.2 Å². The fourth-order valence-corrected chi connectivity index (χ4v) is 3.95. The fraction of sp³-hybridized carbons (Fsp3) is 0.500. The molecular formula is C16H21N3S. The van der Waals surface area contributed by atoms with Crippen molar-refractivity contribution in [1.82, 2.24) is 15.0 Å². The minimum Gasteiger partial charge on any atom is -0.247 e. The summed E-state index contributed by atoms with van der Waals surface area (Å²) in [6.07, 6.45) is 9.41. The maximum absolute atomic E-state index is 4.41. The summed E-state index contributed by atoms with van der Waals surface area (Å²) in [6, 6.07) is 10.7. The van der Waals surface area contributed by atoms with Gasteiger partial charge in [-0.2, -0.15) is 11.8 Å². The van der Waals surface area contributed by atoms with E-state index in [2.05, 4.69) is 46.5 Å². The van der Waals surface area contributed by atoms with Gasteiger partial charge in [0.2, 0.25) is 0 Å². The maximum atomic E-state index is 4.41. The van der Waals surface area contributed by atoms with Crippen molar-refractivity contribution in [1.29, 1.82) is 0 Å². The van der Waals surface area contributed by atoms with E-state index in [0.29, 0.717) is 6.04 Å². The zero-order valence-electron chi connectivity index (χ0n) is 12.1. The molecule has 2 unspecified atom stereocenters. The van der Waals surface area contributed by atoms with Crippen molar-refractivity contribution in [2.24, 2.45) is 0 Å². The van der Waals surface area contributed by atoms with Crippen LogP contribution in [-0.4, -0.2) is 26.0 Å². The zero-order valence-corrected chi connectivity index (χ0v) is 12.9. The molecule has 0 spiro atoms. The summed E-state index contributed by atoms with van der Waals surface area (Å²) in [5.41, 5.74) is 2.11. The molecular weight excluding hydrogens is 266 g/mol. The van der Waals surface area contributed by atoms with Crippen LogP contribution in [0.3, 0.4) is 0 Å². The van der Waals surface area contributed by atoms with Gasteiger partial charge in [0, 0.05) is 10.3 Å². The molecule has 4 heteroatoms. The summed E-state index contributed by atoms with van der Waals surface area (Å²) in [5.74, 6) is 0. The van der Waals surface area contributed by atoms with Crippen molar-refractivity contribution in [2.45, 2.75) is 43.4 Å². The summed E-state index contributed by atoms with van der Waals surface area (Å²) in [6.45, 7) is 2.37. The van der Waals surface area contributed by atoms with Crippen molar-refractivity contribution in [2.75, 3.05) is 6.26 Å². The van der Waals surface area contributed by atoms with Gasteiger partial charge >= 0.3 is 0 Å². The predicted octanol–water partition coefficient (Wildman–Crippen LogP) is 4.18. The van der Waals surface area contributed by atoms with E-state index in [0.717, 1.165) is 11.3 Å². The van der Waals surface area contributed by atoms with Gasteiger partial charge in [0.15, 0.2) is 0 Å². The molecule has 0 aliphatic heterocycles. The highest BCUT2D eigenvalue weighted by atomic mass is 32.2. The SMILES string of the molecule is CSC1(C)CCCCC1n1cc(-c2ccccc2)nn1. The van der Waals surface area contributed by atoms with E-state index >= 15 is 0 Å². The van der Waals surface area contributed by atoms with Crippen LogP contribution in [0.15, 0.2) is 36.5 Å². The molecule has 0 amide bonds. The predicted molar refractivity (Wildman–Crippen MR) is 84.9 cm³/mol. The minimum absolute atomic E-state index is 0.278. The monoisotopic (exact) mass is 287 g/mol. The van der Waals surface area contributed by atoms with Crippen LogP contribution in [0, 0.1) is 0 Å². The van der Waals surface area contributed by atoms with Crippen LogP contribution >= 0.6 is 11.8 Å². The highest BCUT2D eigenvalue weighted by Gasteiger charge is 2.37. The second-order valence-electron chi connectivity index (χ2n) is 5.73. The Kier molecular flexibility index (Phi) is 3.83. The summed E-state index contributed by atoms with van der Waals surface area (Å²) in [7, 11) is 0. The van der Waals surface area contributed by atoms with Crippen LogP contribution in [0.2, 0.25) is 0 Å². The van der Waals surface area contributed by atoms with E-state index in [1.807, 2.05) is 30.0 Å². The van der Waals surface area contributed by atoms with Crippen molar-refractivity contribution in [3.63, 3.8) is 0 Å². The number of hydrogen-bond donors (Lipinski definition) is 0. The molecule has 1 fully saturated rings. The van der Waals surface area contributed by atoms with Gasteiger partial charge in [-0.25, -0.2) is 4.68 Å². The molecule has 1 aromatic carbocycles. The Morgan fingerprint density at radius 1 is 1.25 bits per heavy atom. The highest BCUT2D eigenvalue weighted by molar-refractivity contribution is 8.00. The topological polar surface area (TPSA) is 30.7 Å². The van der Waals surface area contributed by atoms with Crippen LogP contribution in [-0.2, 0) is 0 Å². The highest BCUT2D eigenvalue weighted by Crippen LogP contribution is 2.45. The van der Waals surface area contributed by atoms with Gasteiger partial charge < -0.3 is 0 Å². The molecule has 1 saturated carbocycles. The van der Waals surface area contributed by atoms with Gasteiger partial charge in [0.1, 0.15) is 5.69 Å². The smallest absolute Gasteiger partial charge is 0.113 e. The Labute approximate surface area is 124 Å². The van der Waals surface area contributed by atoms with Crippen molar-refractivity contribution >= 4 is 11.8 Å². The first kappa shape index (κ1) is 13.7. The molecule has 1 aliphatic rings. The molecule has 106 valence electrons. The second kappa shape index (κ2) is 5.60. The van der Waals surface area contributed by atoms with Gasteiger partial charge in [-0.3, -0.25) is 0 Å². The fourth-order valence-electron chi connectivity index (χ4n) is 3.11. The van der Waals surface area contributed by atoms with E-state index in [1.54, 1.807) is 0 Å². The maximum Gasteiger partial charge on any atom is 0.113 e. The Bertz CT molecular complexity index is 566. The van der Waals surface area contributed by atoms with Crippen LogP contribution in [0.4, 0.5) is 0 Å². The Morgan fingerprint density at radius 3 is 2.80 bits per heavy atom. The van der Waals surface area contributed by atoms with Gasteiger partial charge in [-0.05, 0) is 26.0 Å². The lowest BCUT2D eigenvalue weighted by Crippen LogP contribution is -2.36. The molecule has 3 rings (SSSR count). The third-order valence-electron chi connectivity index (χ3n) is 4.47. The number of hydrogen-bond acceptors (Lipinski definition) is 3. The summed E-state index contributed by atoms with van der Waals surface area (Å²) < 4.78 is 2.37. The first-order chi connectivity index (χ1) is 9.73. The van der Waals surface area contributed by atoms with E-state index in [-0.39, 0.29) is 4.75 Å². The third-order valence-corrected chi connectivity index (χ3v) is 5.88. The lowest BCUT2D eigenvalue weighted by molar-refractivity contribution is 0.267. The third kappa shape index (κ3) is 2.49. The van der Waals surface area contributed by atoms with Gasteiger partial charge in [0.25, 0.3) is 0 Å². The van der Waals surface area contributed by atoms with E-state index in [9.17, 15) is 0 Å². The van der Waals surface area contributed by atoms with Crippen LogP contribution in [0.1, 0.15) is 38.6 Å². The molecule has 1 heterocycles. The Hall–Kier alpha value is -1.29. The van der Waals surface area contributed by atoms with Crippen molar-refractivity contribution in [3.8, 4) is 11.3 Å². The normalized spacial score (nSPS) is 26.6. The number of thioether (sulfide) groups is 1. The van der Waals surface area contributed by atoms with Crippen LogP contribution < -0.4 is 0 Å². The van der Waals surface area contributed by atoms with Gasteiger partial charge in [-0.1, -0.05) is 48.4 Å². The first-order valence-electron chi connectivity index (χ1n) is 7.25. The molecule has 1 aromatic heterocycles. The molecule has 1 aliphatic carbocycles. The molecule has 0 radical (unpaired) electrons. The van der Waals surface area contributed by atoms with Crippen molar-refractivity contribution in [3.05, 3.63) is 36.5 Å². The average Bonchev–Trinajstić information content (AvgIpc) is 2.98. The largest absolute Gasteiger partial charge is 0.247 e. The van der Waals surface area contributed by atoms with Gasteiger partial charge in [-0.15, -0.1) is 5.10 Å². The quantitative estimate of drug-likeness (QED) is 0.848. The molecule has 0 bridgehead atoms. The number of rotatable bonds is 3. The lowest BCUT2D eigenvalue weighted by Gasteiger charge is -2.39. The van der Waals surface area contributed by atoms with Crippen LogP contribution in [0.25, 0.3) is 11.3 Å². The van der Waals surface area contributed by atoms with E-state index < -0.39 is 0 Å². The number of nitrogens with zero attached hydrogens (tertiary/aromatic N) is 3. The first-order valence-corrected chi connectivity index (χ1v) is 8.48. The summed E-state index contributed by atoms with van der Waals surface area (Å²) in [4.78, 5) is 0. The molecule has 0 saturated heterocycles. The zero-order chi connectivity index (χ0) is 14.0. The summed E-state index contributed by atoms with van der Waals surface area (Å²) in [5, 5.41) is 8.78. The number of aromatic nitrogens is 3. The Morgan fingerprint density at radius 2 is 2.05 bits per heavy atom. The van der Waals surface area contributed by atoms with Crippen LogP contribution in [0.5, 0.6) is 0 Å². The molecule has 2 aromatic rings. The van der Waals surface area contributed by atoms with Crippen molar-refractivity contribution < 1.29 is 0 Å². The van der Waals surface area contributed by atoms with E-state index in [1.165, 1.54) is 25.7 Å². The average molecular weight is 287 g/mol. The van der Waals surface area contributed by atoms with E-state index in [4.69, 9.17) is 0 Å². The number of benzene rings is 1. The molecule has 0 N–H and O–H groups in total.